The fourth-order valence-electron chi connectivity index (χ4n) is 4.33. The van der Waals surface area contributed by atoms with Crippen LogP contribution >= 0.6 is 0 Å². The van der Waals surface area contributed by atoms with Gasteiger partial charge in [-0.25, -0.2) is 9.78 Å². The van der Waals surface area contributed by atoms with E-state index in [4.69, 9.17) is 4.74 Å². The van der Waals surface area contributed by atoms with Crippen LogP contribution in [-0.4, -0.2) is 33.7 Å². The van der Waals surface area contributed by atoms with Crippen LogP contribution in [0.5, 0.6) is 0 Å². The van der Waals surface area contributed by atoms with Gasteiger partial charge in [0.15, 0.2) is 0 Å². The minimum absolute atomic E-state index is 0.135. The van der Waals surface area contributed by atoms with Gasteiger partial charge in [0.25, 0.3) is 5.91 Å². The molecule has 2 N–H and O–H groups in total. The number of aromatic nitrogens is 1. The molecule has 2 aliphatic rings. The summed E-state index contributed by atoms with van der Waals surface area (Å²) in [5, 5.41) is 6.32. The maximum absolute atomic E-state index is 12.7. The number of nitrogens with zero attached hydrogens (tertiary/aromatic N) is 1. The van der Waals surface area contributed by atoms with Gasteiger partial charge in [-0.3, -0.25) is 4.79 Å². The van der Waals surface area contributed by atoms with Crippen LogP contribution in [0.15, 0.2) is 18.2 Å². The van der Waals surface area contributed by atoms with Gasteiger partial charge < -0.3 is 15.4 Å². The Labute approximate surface area is 155 Å². The summed E-state index contributed by atoms with van der Waals surface area (Å²) in [5.74, 6) is -0.135. The molecule has 1 aromatic heterocycles. The molecule has 0 unspecified atom stereocenters. The van der Waals surface area contributed by atoms with E-state index < -0.39 is 5.60 Å². The number of carbonyl (C=O) groups is 2. The first-order chi connectivity index (χ1) is 12.1. The number of carbonyl (C=O) groups excluding carboxylic acids is 2. The molecule has 2 fully saturated rings. The largest absolute Gasteiger partial charge is 0.444 e. The predicted octanol–water partition coefficient (Wildman–Crippen LogP) is 3.49. The highest BCUT2D eigenvalue weighted by Gasteiger charge is 2.52. The van der Waals surface area contributed by atoms with E-state index in [0.29, 0.717) is 5.69 Å². The molecule has 2 bridgehead atoms. The van der Waals surface area contributed by atoms with Crippen LogP contribution in [-0.2, 0) is 4.74 Å². The number of hydrogen-bond acceptors (Lipinski definition) is 4. The van der Waals surface area contributed by atoms with E-state index in [2.05, 4.69) is 15.6 Å². The average molecular weight is 359 g/mol. The summed E-state index contributed by atoms with van der Waals surface area (Å²) in [6, 6.07) is 5.46. The van der Waals surface area contributed by atoms with Crippen molar-refractivity contribution in [3.63, 3.8) is 0 Å². The number of amides is 2. The first-order valence-electron chi connectivity index (χ1n) is 9.38. The summed E-state index contributed by atoms with van der Waals surface area (Å²) in [6.07, 6.45) is 4.92. The number of fused-ring (bicyclic) bond motifs is 2. The molecule has 2 amide bonds. The number of aryl methyl sites for hydroxylation is 1. The summed E-state index contributed by atoms with van der Waals surface area (Å²) in [7, 11) is 0. The quantitative estimate of drug-likeness (QED) is 0.866. The van der Waals surface area contributed by atoms with E-state index >= 15 is 0 Å². The number of pyridine rings is 1. The van der Waals surface area contributed by atoms with Crippen LogP contribution < -0.4 is 10.6 Å². The Morgan fingerprint density at radius 2 is 1.73 bits per heavy atom. The van der Waals surface area contributed by atoms with Gasteiger partial charge in [-0.05, 0) is 78.4 Å². The van der Waals surface area contributed by atoms with Crippen molar-refractivity contribution in [2.24, 2.45) is 0 Å². The monoisotopic (exact) mass is 359 g/mol. The zero-order valence-corrected chi connectivity index (χ0v) is 16.1. The lowest BCUT2D eigenvalue weighted by Crippen LogP contribution is -2.55. The van der Waals surface area contributed by atoms with Crippen molar-refractivity contribution in [1.29, 1.82) is 0 Å². The summed E-state index contributed by atoms with van der Waals surface area (Å²) in [6.45, 7) is 7.46. The van der Waals surface area contributed by atoms with Gasteiger partial charge in [0, 0.05) is 16.8 Å². The normalized spacial score (nSPS) is 27.7. The van der Waals surface area contributed by atoms with Crippen LogP contribution in [0.3, 0.4) is 0 Å². The highest BCUT2D eigenvalue weighted by Crippen LogP contribution is 2.48. The minimum atomic E-state index is -0.518. The van der Waals surface area contributed by atoms with Crippen molar-refractivity contribution >= 4 is 12.0 Å². The Kier molecular flexibility index (Phi) is 4.71. The molecule has 2 atom stereocenters. The van der Waals surface area contributed by atoms with E-state index in [1.165, 1.54) is 0 Å². The summed E-state index contributed by atoms with van der Waals surface area (Å²) in [5.41, 5.74) is 0.202. The van der Waals surface area contributed by atoms with Gasteiger partial charge in [0.05, 0.1) is 0 Å². The lowest BCUT2D eigenvalue weighted by Gasteiger charge is -2.40. The van der Waals surface area contributed by atoms with Crippen LogP contribution in [0, 0.1) is 6.92 Å². The molecule has 2 saturated carbocycles. The van der Waals surface area contributed by atoms with Crippen molar-refractivity contribution < 1.29 is 14.3 Å². The Morgan fingerprint density at radius 1 is 1.08 bits per heavy atom. The molecular formula is C20H29N3O3. The minimum Gasteiger partial charge on any atom is -0.444 e. The second kappa shape index (κ2) is 6.56. The number of nitrogens with one attached hydrogen (secondary N) is 2. The van der Waals surface area contributed by atoms with Crippen molar-refractivity contribution in [1.82, 2.24) is 15.6 Å². The first kappa shape index (κ1) is 18.7. The second-order valence-electron chi connectivity index (χ2n) is 8.84. The fraction of sp³-hybridized carbons (Fsp3) is 0.650. The highest BCUT2D eigenvalue weighted by molar-refractivity contribution is 5.92. The Balaban J connectivity index is 1.68. The summed E-state index contributed by atoms with van der Waals surface area (Å²) in [4.78, 5) is 29.3. The Hall–Kier alpha value is -2.11. The van der Waals surface area contributed by atoms with E-state index in [9.17, 15) is 9.59 Å². The Morgan fingerprint density at radius 3 is 2.35 bits per heavy atom. The molecular weight excluding hydrogens is 330 g/mol. The predicted molar refractivity (Wildman–Crippen MR) is 99.0 cm³/mol. The van der Waals surface area contributed by atoms with Gasteiger partial charge in [-0.1, -0.05) is 6.07 Å². The average Bonchev–Trinajstić information content (AvgIpc) is 2.75. The van der Waals surface area contributed by atoms with Gasteiger partial charge in [0.2, 0.25) is 0 Å². The van der Waals surface area contributed by atoms with Crippen LogP contribution in [0.4, 0.5) is 4.79 Å². The number of hydrogen-bond donors (Lipinski definition) is 2. The lowest BCUT2D eigenvalue weighted by atomic mass is 9.78. The second-order valence-corrected chi connectivity index (χ2v) is 8.84. The summed E-state index contributed by atoms with van der Waals surface area (Å²) < 4.78 is 5.43. The number of rotatable bonds is 3. The van der Waals surface area contributed by atoms with Gasteiger partial charge in [0.1, 0.15) is 11.3 Å². The molecule has 142 valence electrons. The molecule has 0 saturated heterocycles. The maximum Gasteiger partial charge on any atom is 0.408 e. The fourth-order valence-corrected chi connectivity index (χ4v) is 4.33. The molecule has 26 heavy (non-hydrogen) atoms. The van der Waals surface area contributed by atoms with E-state index in [1.54, 1.807) is 6.07 Å². The van der Waals surface area contributed by atoms with Crippen LogP contribution in [0.1, 0.15) is 75.5 Å². The highest BCUT2D eigenvalue weighted by atomic mass is 16.6. The van der Waals surface area contributed by atoms with Gasteiger partial charge >= 0.3 is 6.09 Å². The SMILES string of the molecule is Cc1cccc(C(=O)N[C@]23CCC[C@](NC(=O)OC(C)(C)C)(CC2)C3)n1. The lowest BCUT2D eigenvalue weighted by molar-refractivity contribution is 0.0428. The zero-order chi connectivity index (χ0) is 19.0. The van der Waals surface area contributed by atoms with Crippen molar-refractivity contribution in [2.75, 3.05) is 0 Å². The topological polar surface area (TPSA) is 80.3 Å². The smallest absolute Gasteiger partial charge is 0.408 e. The third kappa shape index (κ3) is 4.17. The molecule has 6 nitrogen and oxygen atoms in total. The van der Waals surface area contributed by atoms with Crippen molar-refractivity contribution in [2.45, 2.75) is 82.9 Å². The maximum atomic E-state index is 12.7. The van der Waals surface area contributed by atoms with Gasteiger partial charge in [-0.15, -0.1) is 0 Å². The number of ether oxygens (including phenoxy) is 1. The summed E-state index contributed by atoms with van der Waals surface area (Å²) >= 11 is 0. The van der Waals surface area contributed by atoms with Crippen molar-refractivity contribution in [3.8, 4) is 0 Å². The third-order valence-corrected chi connectivity index (χ3v) is 5.34. The molecule has 3 rings (SSSR count). The standard InChI is InChI=1S/C20H29N3O3/c1-14-7-5-8-15(21-14)16(24)22-19-9-6-10-20(13-19,12-11-19)23-17(25)26-18(2,3)4/h5,7-8H,6,9-13H2,1-4H3,(H,22,24)(H,23,25)/t19-,20+/m1/s1. The first-order valence-corrected chi connectivity index (χ1v) is 9.38. The van der Waals surface area contributed by atoms with E-state index in [0.717, 1.165) is 44.2 Å². The van der Waals surface area contributed by atoms with E-state index in [-0.39, 0.29) is 23.1 Å². The van der Waals surface area contributed by atoms with Crippen LogP contribution in [0.2, 0.25) is 0 Å². The van der Waals surface area contributed by atoms with Crippen LogP contribution in [0.25, 0.3) is 0 Å². The molecule has 2 aliphatic carbocycles. The Bertz CT molecular complexity index is 712. The zero-order valence-electron chi connectivity index (χ0n) is 16.1. The molecule has 6 heteroatoms. The van der Waals surface area contributed by atoms with E-state index in [1.807, 2.05) is 39.8 Å². The third-order valence-electron chi connectivity index (χ3n) is 5.34. The molecule has 0 spiro atoms. The molecule has 1 aromatic rings. The molecule has 0 aliphatic heterocycles. The van der Waals surface area contributed by atoms with Crippen molar-refractivity contribution in [3.05, 3.63) is 29.6 Å². The van der Waals surface area contributed by atoms with Gasteiger partial charge in [-0.2, -0.15) is 0 Å². The molecule has 0 aromatic carbocycles. The molecule has 1 heterocycles. The number of alkyl carbamates (subject to hydrolysis) is 1. The molecule has 0 radical (unpaired) electrons.